The molecule has 0 saturated heterocycles. The summed E-state index contributed by atoms with van der Waals surface area (Å²) in [5.41, 5.74) is -0.723. The Hall–Kier alpha value is -2.70. The normalized spacial score (nSPS) is 11.0. The monoisotopic (exact) mass is 338 g/mol. The Bertz CT molecular complexity index is 660. The van der Waals surface area contributed by atoms with Gasteiger partial charge in [0.25, 0.3) is 0 Å². The number of rotatable bonds is 6. The molecule has 4 nitrogen and oxygen atoms in total. The molecule has 2 aromatic carbocycles. The maximum absolute atomic E-state index is 12.6. The number of anilines is 1. The minimum absolute atomic E-state index is 0.0860. The van der Waals surface area contributed by atoms with Crippen molar-refractivity contribution in [1.29, 1.82) is 0 Å². The Morgan fingerprint density at radius 3 is 2.50 bits per heavy atom. The topological polar surface area (TPSA) is 50.4 Å². The first-order chi connectivity index (χ1) is 11.4. The molecule has 0 saturated carbocycles. The molecule has 0 spiro atoms. The minimum atomic E-state index is -4.44. The summed E-state index contributed by atoms with van der Waals surface area (Å²) in [6, 6.07) is 13.2. The molecule has 0 fully saturated rings. The molecule has 0 atom stereocenters. The Balaban J connectivity index is 1.70. The van der Waals surface area contributed by atoms with Crippen molar-refractivity contribution >= 4 is 11.7 Å². The zero-order valence-electron chi connectivity index (χ0n) is 12.8. The van der Waals surface area contributed by atoms with Gasteiger partial charge < -0.3 is 15.4 Å². The number of nitrogens with one attached hydrogen (secondary N) is 2. The Kier molecular flexibility index (Phi) is 6.06. The summed E-state index contributed by atoms with van der Waals surface area (Å²) in [7, 11) is 0. The first-order valence-electron chi connectivity index (χ1n) is 7.35. The van der Waals surface area contributed by atoms with Crippen molar-refractivity contribution in [3.8, 4) is 5.75 Å². The van der Waals surface area contributed by atoms with Gasteiger partial charge >= 0.3 is 12.2 Å². The van der Waals surface area contributed by atoms with E-state index in [1.807, 2.05) is 30.3 Å². The summed E-state index contributed by atoms with van der Waals surface area (Å²) < 4.78 is 43.2. The highest BCUT2D eigenvalue weighted by molar-refractivity contribution is 5.89. The number of carbonyl (C=O) groups is 1. The second-order valence-corrected chi connectivity index (χ2v) is 4.97. The summed E-state index contributed by atoms with van der Waals surface area (Å²) in [5, 5.41) is 4.94. The molecule has 2 aromatic rings. The Morgan fingerprint density at radius 2 is 1.79 bits per heavy atom. The van der Waals surface area contributed by atoms with Crippen LogP contribution in [0.1, 0.15) is 12.0 Å². The molecule has 2 amide bonds. The number of alkyl halides is 3. The van der Waals surface area contributed by atoms with Crippen LogP contribution in [0.4, 0.5) is 23.7 Å². The predicted molar refractivity (Wildman–Crippen MR) is 85.0 cm³/mol. The minimum Gasteiger partial charge on any atom is -0.494 e. The van der Waals surface area contributed by atoms with E-state index in [9.17, 15) is 18.0 Å². The van der Waals surface area contributed by atoms with Crippen molar-refractivity contribution in [2.24, 2.45) is 0 Å². The molecule has 24 heavy (non-hydrogen) atoms. The molecular formula is C17H17F3N2O2. The molecule has 2 rings (SSSR count). The number of amides is 2. The van der Waals surface area contributed by atoms with Gasteiger partial charge in [-0.05, 0) is 36.8 Å². The van der Waals surface area contributed by atoms with E-state index in [1.54, 1.807) is 0 Å². The lowest BCUT2D eigenvalue weighted by atomic mass is 10.2. The summed E-state index contributed by atoms with van der Waals surface area (Å²) >= 11 is 0. The van der Waals surface area contributed by atoms with Crippen molar-refractivity contribution in [1.82, 2.24) is 5.32 Å². The zero-order chi connectivity index (χ0) is 17.4. The van der Waals surface area contributed by atoms with Crippen molar-refractivity contribution < 1.29 is 22.7 Å². The molecule has 0 aliphatic carbocycles. The number of benzene rings is 2. The third-order valence-electron chi connectivity index (χ3n) is 3.07. The molecule has 0 aliphatic rings. The van der Waals surface area contributed by atoms with Crippen LogP contribution in [-0.4, -0.2) is 19.2 Å². The van der Waals surface area contributed by atoms with Crippen LogP contribution in [0.15, 0.2) is 54.6 Å². The third-order valence-corrected chi connectivity index (χ3v) is 3.07. The summed E-state index contributed by atoms with van der Waals surface area (Å²) in [6.45, 7) is 0.769. The van der Waals surface area contributed by atoms with Gasteiger partial charge in [0.15, 0.2) is 0 Å². The van der Waals surface area contributed by atoms with Crippen LogP contribution in [0.3, 0.4) is 0 Å². The first-order valence-corrected chi connectivity index (χ1v) is 7.35. The molecule has 2 N–H and O–H groups in total. The fourth-order valence-corrected chi connectivity index (χ4v) is 1.93. The summed E-state index contributed by atoms with van der Waals surface area (Å²) in [6.07, 6.45) is -3.87. The van der Waals surface area contributed by atoms with E-state index >= 15 is 0 Å². The average Bonchev–Trinajstić information content (AvgIpc) is 2.55. The van der Waals surface area contributed by atoms with Crippen LogP contribution < -0.4 is 15.4 Å². The van der Waals surface area contributed by atoms with Crippen LogP contribution in [-0.2, 0) is 6.18 Å². The molecule has 0 aromatic heterocycles. The SMILES string of the molecule is O=C(NCCCOc1ccccc1)Nc1cccc(C(F)(F)F)c1. The molecular weight excluding hydrogens is 321 g/mol. The fourth-order valence-electron chi connectivity index (χ4n) is 1.93. The van der Waals surface area contributed by atoms with Crippen LogP contribution in [0.2, 0.25) is 0 Å². The van der Waals surface area contributed by atoms with Crippen molar-refractivity contribution in [2.45, 2.75) is 12.6 Å². The van der Waals surface area contributed by atoms with E-state index in [0.29, 0.717) is 19.6 Å². The van der Waals surface area contributed by atoms with Crippen LogP contribution >= 0.6 is 0 Å². The van der Waals surface area contributed by atoms with E-state index in [2.05, 4.69) is 10.6 Å². The fraction of sp³-hybridized carbons (Fsp3) is 0.235. The van der Waals surface area contributed by atoms with E-state index in [-0.39, 0.29) is 5.69 Å². The van der Waals surface area contributed by atoms with Gasteiger partial charge in [0, 0.05) is 12.2 Å². The molecule has 7 heteroatoms. The van der Waals surface area contributed by atoms with E-state index in [0.717, 1.165) is 17.9 Å². The number of urea groups is 1. The molecule has 0 heterocycles. The molecule has 0 aliphatic heterocycles. The van der Waals surface area contributed by atoms with Gasteiger partial charge in [-0.3, -0.25) is 0 Å². The van der Waals surface area contributed by atoms with E-state index in [4.69, 9.17) is 4.74 Å². The first kappa shape index (κ1) is 17.7. The Morgan fingerprint density at radius 1 is 1.04 bits per heavy atom. The maximum Gasteiger partial charge on any atom is 0.416 e. The quantitative estimate of drug-likeness (QED) is 0.772. The van der Waals surface area contributed by atoms with Crippen molar-refractivity contribution in [3.63, 3.8) is 0 Å². The van der Waals surface area contributed by atoms with E-state index < -0.39 is 17.8 Å². The molecule has 128 valence electrons. The van der Waals surface area contributed by atoms with Gasteiger partial charge in [0.1, 0.15) is 5.75 Å². The Labute approximate surface area is 137 Å². The van der Waals surface area contributed by atoms with Crippen molar-refractivity contribution in [3.05, 3.63) is 60.2 Å². The predicted octanol–water partition coefficient (Wildman–Crippen LogP) is 4.30. The average molecular weight is 338 g/mol. The highest BCUT2D eigenvalue weighted by Gasteiger charge is 2.30. The van der Waals surface area contributed by atoms with Gasteiger partial charge in [0.05, 0.1) is 12.2 Å². The van der Waals surface area contributed by atoms with Crippen LogP contribution in [0.25, 0.3) is 0 Å². The summed E-state index contributed by atoms with van der Waals surface area (Å²) in [4.78, 5) is 11.7. The second kappa shape index (κ2) is 8.24. The molecule has 0 unspecified atom stereocenters. The van der Waals surface area contributed by atoms with E-state index in [1.165, 1.54) is 12.1 Å². The molecule has 0 radical (unpaired) electrons. The van der Waals surface area contributed by atoms with Crippen molar-refractivity contribution in [2.75, 3.05) is 18.5 Å². The standard InChI is InChI=1S/C17H17F3N2O2/c18-17(19,20)13-6-4-7-14(12-13)22-16(23)21-10-5-11-24-15-8-2-1-3-9-15/h1-4,6-9,12H,5,10-11H2,(H2,21,22,23). The number of ether oxygens (including phenoxy) is 1. The largest absolute Gasteiger partial charge is 0.494 e. The number of hydrogen-bond acceptors (Lipinski definition) is 2. The lowest BCUT2D eigenvalue weighted by Gasteiger charge is -2.11. The van der Waals surface area contributed by atoms with Gasteiger partial charge in [0.2, 0.25) is 0 Å². The van der Waals surface area contributed by atoms with Gasteiger partial charge in [-0.15, -0.1) is 0 Å². The molecule has 0 bridgehead atoms. The smallest absolute Gasteiger partial charge is 0.416 e. The number of para-hydroxylation sites is 1. The van der Waals surface area contributed by atoms with Gasteiger partial charge in [-0.2, -0.15) is 13.2 Å². The number of halogens is 3. The lowest BCUT2D eigenvalue weighted by Crippen LogP contribution is -2.30. The van der Waals surface area contributed by atoms with Gasteiger partial charge in [-0.1, -0.05) is 24.3 Å². The van der Waals surface area contributed by atoms with Crippen LogP contribution in [0, 0.1) is 0 Å². The zero-order valence-corrected chi connectivity index (χ0v) is 12.8. The second-order valence-electron chi connectivity index (χ2n) is 4.97. The van der Waals surface area contributed by atoms with Gasteiger partial charge in [-0.25, -0.2) is 4.79 Å². The number of carbonyl (C=O) groups excluding carboxylic acids is 1. The maximum atomic E-state index is 12.6. The highest BCUT2D eigenvalue weighted by atomic mass is 19.4. The third kappa shape index (κ3) is 5.83. The summed E-state index contributed by atoms with van der Waals surface area (Å²) in [5.74, 6) is 0.742. The highest BCUT2D eigenvalue weighted by Crippen LogP contribution is 2.30. The van der Waals surface area contributed by atoms with Crippen LogP contribution in [0.5, 0.6) is 5.75 Å². The lowest BCUT2D eigenvalue weighted by molar-refractivity contribution is -0.137. The number of hydrogen-bond donors (Lipinski definition) is 2.